The first-order valence-corrected chi connectivity index (χ1v) is 8.43. The number of aromatic nitrogens is 3. The van der Waals surface area contributed by atoms with Crippen LogP contribution in [0.5, 0.6) is 0 Å². The van der Waals surface area contributed by atoms with Crippen molar-refractivity contribution in [3.8, 4) is 0 Å². The van der Waals surface area contributed by atoms with Crippen molar-refractivity contribution < 1.29 is 9.21 Å². The van der Waals surface area contributed by atoms with Crippen molar-refractivity contribution in [2.45, 2.75) is 19.4 Å². The minimum atomic E-state index is 0.0541. The Morgan fingerprint density at radius 1 is 1.55 bits per heavy atom. The highest BCUT2D eigenvalue weighted by Gasteiger charge is 2.30. The number of nitrogens with zero attached hydrogens (tertiary/aromatic N) is 2. The highest BCUT2D eigenvalue weighted by atomic mass is 79.9. The van der Waals surface area contributed by atoms with Gasteiger partial charge >= 0.3 is 0 Å². The Bertz CT molecular complexity index is 835. The second kappa shape index (κ2) is 5.40. The molecular weight excluding hydrogens is 370 g/mol. The van der Waals surface area contributed by atoms with Gasteiger partial charge in [-0.1, -0.05) is 11.3 Å². The summed E-state index contributed by atoms with van der Waals surface area (Å²) in [5.41, 5.74) is 0.664. The Labute approximate surface area is 137 Å². The minimum absolute atomic E-state index is 0.0541. The van der Waals surface area contributed by atoms with Crippen molar-refractivity contribution in [3.63, 3.8) is 0 Å². The zero-order valence-corrected chi connectivity index (χ0v) is 13.8. The van der Waals surface area contributed by atoms with E-state index in [1.54, 1.807) is 6.26 Å². The summed E-state index contributed by atoms with van der Waals surface area (Å²) in [5.74, 6) is 1.71. The molecule has 1 amide bonds. The number of halogens is 1. The van der Waals surface area contributed by atoms with E-state index in [2.05, 4.69) is 41.7 Å². The largest absolute Gasteiger partial charge is 0.466 e. The van der Waals surface area contributed by atoms with Gasteiger partial charge in [0.2, 0.25) is 5.91 Å². The van der Waals surface area contributed by atoms with Gasteiger partial charge in [-0.2, -0.15) is 5.10 Å². The number of aromatic amines is 1. The summed E-state index contributed by atoms with van der Waals surface area (Å²) in [6, 6.07) is 1.84. The molecule has 0 radical (unpaired) electrons. The van der Waals surface area contributed by atoms with Gasteiger partial charge in [0.05, 0.1) is 17.3 Å². The maximum Gasteiger partial charge on any atom is 0.229 e. The van der Waals surface area contributed by atoms with E-state index in [-0.39, 0.29) is 11.8 Å². The van der Waals surface area contributed by atoms with Crippen molar-refractivity contribution in [2.24, 2.45) is 5.92 Å². The molecule has 3 aromatic rings. The van der Waals surface area contributed by atoms with Crippen molar-refractivity contribution in [3.05, 3.63) is 22.6 Å². The Hall–Kier alpha value is -1.87. The van der Waals surface area contributed by atoms with Crippen molar-refractivity contribution in [2.75, 3.05) is 10.6 Å². The number of amides is 1. The fourth-order valence-corrected chi connectivity index (χ4v) is 3.28. The van der Waals surface area contributed by atoms with Crippen LogP contribution in [0, 0.1) is 5.92 Å². The van der Waals surface area contributed by atoms with Gasteiger partial charge in [-0.15, -0.1) is 0 Å². The van der Waals surface area contributed by atoms with Crippen molar-refractivity contribution in [1.29, 1.82) is 0 Å². The average molecular weight is 382 g/mol. The number of rotatable bonds is 5. The van der Waals surface area contributed by atoms with Gasteiger partial charge in [-0.05, 0) is 34.8 Å². The molecule has 4 rings (SSSR count). The third-order valence-electron chi connectivity index (χ3n) is 3.40. The monoisotopic (exact) mass is 381 g/mol. The van der Waals surface area contributed by atoms with Crippen LogP contribution in [0.2, 0.25) is 0 Å². The Kier molecular flexibility index (Phi) is 3.38. The quantitative estimate of drug-likeness (QED) is 0.629. The predicted octanol–water partition coefficient (Wildman–Crippen LogP) is 3.34. The molecule has 0 spiro atoms. The first kappa shape index (κ1) is 13.8. The number of fused-ring (bicyclic) bond motifs is 1. The van der Waals surface area contributed by atoms with E-state index < -0.39 is 0 Å². The predicted molar refractivity (Wildman–Crippen MR) is 86.9 cm³/mol. The topological polar surface area (TPSA) is 95.8 Å². The third-order valence-corrected chi connectivity index (χ3v) is 5.09. The van der Waals surface area contributed by atoms with E-state index >= 15 is 0 Å². The molecule has 1 aliphatic carbocycles. The molecule has 9 heteroatoms. The van der Waals surface area contributed by atoms with Gasteiger partial charge < -0.3 is 15.1 Å². The second-order valence-electron chi connectivity index (χ2n) is 5.08. The Morgan fingerprint density at radius 3 is 3.14 bits per heavy atom. The van der Waals surface area contributed by atoms with E-state index in [1.165, 1.54) is 11.3 Å². The number of nitrogens with one attached hydrogen (secondary N) is 3. The Balaban J connectivity index is 1.50. The SMILES string of the molecule is O=C(Nc1nc2[nH]nc(NCc3occc3Br)c2s1)C1CC1. The lowest BCUT2D eigenvalue weighted by Gasteiger charge is -2.00. The zero-order chi connectivity index (χ0) is 15.1. The fraction of sp³-hybridized carbons (Fsp3) is 0.308. The molecule has 3 N–H and O–H groups in total. The lowest BCUT2D eigenvalue weighted by molar-refractivity contribution is -0.117. The van der Waals surface area contributed by atoms with Gasteiger partial charge in [0.15, 0.2) is 16.6 Å². The molecule has 22 heavy (non-hydrogen) atoms. The fourth-order valence-electron chi connectivity index (χ4n) is 2.06. The first-order chi connectivity index (χ1) is 10.7. The summed E-state index contributed by atoms with van der Waals surface area (Å²) in [5, 5.41) is 13.7. The number of furan rings is 1. The molecule has 1 aliphatic rings. The van der Waals surface area contributed by atoms with Crippen LogP contribution >= 0.6 is 27.3 Å². The summed E-state index contributed by atoms with van der Waals surface area (Å²) >= 11 is 4.82. The summed E-state index contributed by atoms with van der Waals surface area (Å²) < 4.78 is 7.14. The lowest BCUT2D eigenvalue weighted by atomic mass is 10.4. The van der Waals surface area contributed by atoms with Crippen LogP contribution in [-0.2, 0) is 11.3 Å². The molecule has 0 aliphatic heterocycles. The number of carbonyl (C=O) groups excluding carboxylic acids is 1. The zero-order valence-electron chi connectivity index (χ0n) is 11.4. The van der Waals surface area contributed by atoms with Gasteiger partial charge in [0, 0.05) is 5.92 Å². The van der Waals surface area contributed by atoms with Gasteiger partial charge in [-0.3, -0.25) is 9.89 Å². The molecule has 0 bridgehead atoms. The van der Waals surface area contributed by atoms with Crippen LogP contribution in [0.3, 0.4) is 0 Å². The van der Waals surface area contributed by atoms with Crippen LogP contribution in [0.15, 0.2) is 21.2 Å². The number of thiazole rings is 1. The molecule has 1 fully saturated rings. The molecular formula is C13H12BrN5O2S. The Morgan fingerprint density at radius 2 is 2.41 bits per heavy atom. The number of carbonyl (C=O) groups is 1. The van der Waals surface area contributed by atoms with Crippen LogP contribution in [0.25, 0.3) is 10.3 Å². The first-order valence-electron chi connectivity index (χ1n) is 6.82. The summed E-state index contributed by atoms with van der Waals surface area (Å²) in [4.78, 5) is 16.1. The van der Waals surface area contributed by atoms with Crippen molar-refractivity contribution >= 4 is 54.5 Å². The third kappa shape index (κ3) is 2.61. The van der Waals surface area contributed by atoms with Crippen molar-refractivity contribution in [1.82, 2.24) is 15.2 Å². The van der Waals surface area contributed by atoms with E-state index in [4.69, 9.17) is 4.42 Å². The molecule has 0 atom stereocenters. The molecule has 114 valence electrons. The lowest BCUT2D eigenvalue weighted by Crippen LogP contribution is -2.12. The van der Waals surface area contributed by atoms with Crippen LogP contribution in [0.4, 0.5) is 10.9 Å². The second-order valence-corrected chi connectivity index (χ2v) is 6.93. The smallest absolute Gasteiger partial charge is 0.229 e. The highest BCUT2D eigenvalue weighted by molar-refractivity contribution is 9.10. The van der Waals surface area contributed by atoms with E-state index in [0.29, 0.717) is 23.1 Å². The summed E-state index contributed by atoms with van der Waals surface area (Å²) in [6.07, 6.45) is 3.57. The number of H-pyrrole nitrogens is 1. The van der Waals surface area contributed by atoms with E-state index in [1.807, 2.05) is 6.07 Å². The highest BCUT2D eigenvalue weighted by Crippen LogP contribution is 2.34. The molecule has 1 saturated carbocycles. The molecule has 3 aromatic heterocycles. The average Bonchev–Trinajstić information content (AvgIpc) is 3.02. The van der Waals surface area contributed by atoms with Crippen LogP contribution < -0.4 is 10.6 Å². The van der Waals surface area contributed by atoms with Gasteiger partial charge in [-0.25, -0.2) is 4.98 Å². The van der Waals surface area contributed by atoms with E-state index in [9.17, 15) is 4.79 Å². The van der Waals surface area contributed by atoms with Crippen LogP contribution in [0.1, 0.15) is 18.6 Å². The minimum Gasteiger partial charge on any atom is -0.466 e. The number of hydrogen-bond acceptors (Lipinski definition) is 6. The molecule has 0 aromatic carbocycles. The number of anilines is 2. The maximum absolute atomic E-state index is 11.8. The summed E-state index contributed by atoms with van der Waals surface area (Å²) in [7, 11) is 0. The van der Waals surface area contributed by atoms with Gasteiger partial charge in [0.25, 0.3) is 0 Å². The normalized spacial score (nSPS) is 14.4. The van der Waals surface area contributed by atoms with Gasteiger partial charge in [0.1, 0.15) is 10.5 Å². The van der Waals surface area contributed by atoms with Crippen LogP contribution in [-0.4, -0.2) is 21.1 Å². The molecule has 7 nitrogen and oxygen atoms in total. The standard InChI is InChI=1S/C13H12BrN5O2S/c14-7-3-4-21-8(7)5-15-10-9-11(19-18-10)16-13(22-9)17-12(20)6-1-2-6/h3-4,6H,1-2,5H2,(H3,15,16,17,18,19,20). The summed E-state index contributed by atoms with van der Waals surface area (Å²) in [6.45, 7) is 0.509. The molecule has 0 saturated heterocycles. The van der Waals surface area contributed by atoms with E-state index in [0.717, 1.165) is 27.8 Å². The molecule has 0 unspecified atom stereocenters. The number of hydrogen-bond donors (Lipinski definition) is 3. The molecule has 3 heterocycles. The maximum atomic E-state index is 11.8.